The van der Waals surface area contributed by atoms with Crippen LogP contribution in [0.2, 0.25) is 0 Å². The molecule has 2 fully saturated rings. The number of nitrogens with zero attached hydrogens (tertiary/aromatic N) is 2. The summed E-state index contributed by atoms with van der Waals surface area (Å²) in [6, 6.07) is 5.89. The largest absolute Gasteiger partial charge is 0.335 e. The lowest BCUT2D eigenvalue weighted by Crippen LogP contribution is -2.50. The molecule has 1 aliphatic heterocycles. The minimum absolute atomic E-state index is 0.0163. The van der Waals surface area contributed by atoms with Crippen LogP contribution < -0.4 is 5.32 Å². The molecule has 1 saturated carbocycles. The number of halogens is 1. The Morgan fingerprint density at radius 1 is 1.15 bits per heavy atom. The van der Waals surface area contributed by atoms with Crippen molar-refractivity contribution < 1.29 is 17.6 Å². The number of sulfonamides is 1. The second-order valence-electron chi connectivity index (χ2n) is 7.24. The van der Waals surface area contributed by atoms with Gasteiger partial charge in [-0.1, -0.05) is 31.4 Å². The van der Waals surface area contributed by atoms with Gasteiger partial charge in [-0.15, -0.1) is 0 Å². The third-order valence-corrected chi connectivity index (χ3v) is 7.29. The van der Waals surface area contributed by atoms with Crippen molar-refractivity contribution in [2.45, 2.75) is 38.1 Å². The van der Waals surface area contributed by atoms with E-state index >= 15 is 0 Å². The van der Waals surface area contributed by atoms with Crippen molar-refractivity contribution in [3.8, 4) is 0 Å². The van der Waals surface area contributed by atoms with Crippen LogP contribution in [0, 0.1) is 5.82 Å². The molecule has 2 aliphatic rings. The lowest BCUT2D eigenvalue weighted by atomic mass is 9.93. The molecule has 0 atom stereocenters. The minimum Gasteiger partial charge on any atom is -0.335 e. The summed E-state index contributed by atoms with van der Waals surface area (Å²) in [6.45, 7) is 2.28. The van der Waals surface area contributed by atoms with Gasteiger partial charge in [0, 0.05) is 38.8 Å². The number of benzene rings is 1. The van der Waals surface area contributed by atoms with Crippen LogP contribution in [0.4, 0.5) is 4.39 Å². The first-order valence-electron chi connectivity index (χ1n) is 9.73. The molecule has 1 amide bonds. The van der Waals surface area contributed by atoms with E-state index in [4.69, 9.17) is 0 Å². The first-order valence-corrected chi connectivity index (χ1v) is 11.3. The molecule has 1 saturated heterocycles. The zero-order chi connectivity index (χ0) is 19.3. The third-order valence-electron chi connectivity index (χ3n) is 5.44. The Kier molecular flexibility index (Phi) is 6.83. The lowest BCUT2D eigenvalue weighted by molar-refractivity contribution is 0.0644. The maximum absolute atomic E-state index is 14.2. The number of rotatable bonds is 6. The molecule has 1 N–H and O–H groups in total. The summed E-state index contributed by atoms with van der Waals surface area (Å²) < 4.78 is 41.0. The number of hydrogen-bond acceptors (Lipinski definition) is 4. The summed E-state index contributed by atoms with van der Waals surface area (Å²) in [5.74, 6) is -1.09. The number of carbonyl (C=O) groups is 1. The predicted molar refractivity (Wildman–Crippen MR) is 103 cm³/mol. The molecule has 1 aromatic carbocycles. The molecule has 0 aromatic heterocycles. The number of piperazine rings is 1. The fourth-order valence-corrected chi connectivity index (χ4v) is 5.32. The molecular formula is C19H28FN3O3S. The van der Waals surface area contributed by atoms with Gasteiger partial charge in [-0.25, -0.2) is 12.8 Å². The van der Waals surface area contributed by atoms with Gasteiger partial charge < -0.3 is 10.2 Å². The quantitative estimate of drug-likeness (QED) is 0.795. The second-order valence-corrected chi connectivity index (χ2v) is 9.32. The van der Waals surface area contributed by atoms with Gasteiger partial charge in [0.25, 0.3) is 5.91 Å². The highest BCUT2D eigenvalue weighted by Gasteiger charge is 2.31. The molecule has 1 heterocycles. The minimum atomic E-state index is -3.44. The van der Waals surface area contributed by atoms with Crippen molar-refractivity contribution in [2.24, 2.45) is 0 Å². The Morgan fingerprint density at radius 3 is 2.48 bits per heavy atom. The lowest BCUT2D eigenvalue weighted by Gasteiger charge is -2.35. The fourth-order valence-electron chi connectivity index (χ4n) is 3.90. The molecule has 0 unspecified atom stereocenters. The van der Waals surface area contributed by atoms with Crippen LogP contribution in [0.5, 0.6) is 0 Å². The van der Waals surface area contributed by atoms with E-state index < -0.39 is 21.7 Å². The van der Waals surface area contributed by atoms with Gasteiger partial charge in [-0.2, -0.15) is 4.31 Å². The van der Waals surface area contributed by atoms with E-state index in [1.54, 1.807) is 17.0 Å². The van der Waals surface area contributed by atoms with Crippen LogP contribution >= 0.6 is 0 Å². The second kappa shape index (κ2) is 9.12. The van der Waals surface area contributed by atoms with Crippen LogP contribution in [0.1, 0.15) is 42.5 Å². The summed E-state index contributed by atoms with van der Waals surface area (Å²) in [6.07, 6.45) is 4.82. The average molecular weight is 398 g/mol. The molecule has 6 nitrogen and oxygen atoms in total. The highest BCUT2D eigenvalue weighted by Crippen LogP contribution is 2.25. The van der Waals surface area contributed by atoms with Gasteiger partial charge in [0.15, 0.2) is 0 Å². The summed E-state index contributed by atoms with van der Waals surface area (Å²) in [4.78, 5) is 14.6. The van der Waals surface area contributed by atoms with E-state index in [2.05, 4.69) is 5.32 Å². The Balaban J connectivity index is 1.75. The first-order chi connectivity index (χ1) is 13.0. The van der Waals surface area contributed by atoms with Crippen molar-refractivity contribution in [1.29, 1.82) is 0 Å². The molecule has 3 rings (SSSR count). The SMILES string of the molecule is O=C(c1ccccc1F)N(CCS(=O)(=O)N1CCNCC1)C1CCCCC1. The van der Waals surface area contributed by atoms with E-state index in [0.29, 0.717) is 26.2 Å². The van der Waals surface area contributed by atoms with Crippen LogP contribution in [-0.4, -0.2) is 68.0 Å². The molecular weight excluding hydrogens is 369 g/mol. The first kappa shape index (κ1) is 20.2. The molecule has 0 spiro atoms. The standard InChI is InChI=1S/C19H28FN3O3S/c20-18-9-5-4-8-17(18)19(24)23(16-6-2-1-3-7-16)14-15-27(25,26)22-12-10-21-11-13-22/h4-5,8-9,16,21H,1-3,6-7,10-15H2. The van der Waals surface area contributed by atoms with Crippen LogP contribution in [0.15, 0.2) is 24.3 Å². The summed E-state index contributed by atoms with van der Waals surface area (Å²) >= 11 is 0. The normalized spacial score (nSPS) is 19.7. The highest BCUT2D eigenvalue weighted by atomic mass is 32.2. The summed E-state index contributed by atoms with van der Waals surface area (Å²) in [5, 5.41) is 3.14. The Bertz CT molecular complexity index is 744. The maximum Gasteiger partial charge on any atom is 0.257 e. The Hall–Kier alpha value is -1.51. The Morgan fingerprint density at radius 2 is 1.81 bits per heavy atom. The fraction of sp³-hybridized carbons (Fsp3) is 0.632. The summed E-state index contributed by atoms with van der Waals surface area (Å²) in [5.41, 5.74) is 0.0163. The van der Waals surface area contributed by atoms with Gasteiger partial charge >= 0.3 is 0 Å². The number of hydrogen-bond donors (Lipinski definition) is 1. The topological polar surface area (TPSA) is 69.7 Å². The van der Waals surface area contributed by atoms with Gasteiger partial charge in [-0.3, -0.25) is 4.79 Å². The Labute approximate surface area is 160 Å². The van der Waals surface area contributed by atoms with Gasteiger partial charge in [0.05, 0.1) is 11.3 Å². The van der Waals surface area contributed by atoms with Gasteiger partial charge in [0.2, 0.25) is 10.0 Å². The zero-order valence-corrected chi connectivity index (χ0v) is 16.4. The van der Waals surface area contributed by atoms with Crippen molar-refractivity contribution in [3.05, 3.63) is 35.6 Å². The predicted octanol–water partition coefficient (Wildman–Crippen LogP) is 1.84. The van der Waals surface area contributed by atoms with Gasteiger partial charge in [0.1, 0.15) is 5.82 Å². The van der Waals surface area contributed by atoms with E-state index in [9.17, 15) is 17.6 Å². The van der Waals surface area contributed by atoms with E-state index in [1.165, 1.54) is 16.4 Å². The summed E-state index contributed by atoms with van der Waals surface area (Å²) in [7, 11) is -3.44. The highest BCUT2D eigenvalue weighted by molar-refractivity contribution is 7.89. The molecule has 0 bridgehead atoms. The monoisotopic (exact) mass is 397 g/mol. The van der Waals surface area contributed by atoms with E-state index in [0.717, 1.165) is 32.1 Å². The maximum atomic E-state index is 14.2. The number of amides is 1. The van der Waals surface area contributed by atoms with E-state index in [-0.39, 0.29) is 23.9 Å². The van der Waals surface area contributed by atoms with Gasteiger partial charge in [-0.05, 0) is 25.0 Å². The van der Waals surface area contributed by atoms with Crippen LogP contribution in [0.25, 0.3) is 0 Å². The van der Waals surface area contributed by atoms with E-state index in [1.807, 2.05) is 0 Å². The molecule has 27 heavy (non-hydrogen) atoms. The van der Waals surface area contributed by atoms with Crippen molar-refractivity contribution in [1.82, 2.24) is 14.5 Å². The van der Waals surface area contributed by atoms with Crippen molar-refractivity contribution in [2.75, 3.05) is 38.5 Å². The third kappa shape index (κ3) is 5.06. The molecule has 1 aromatic rings. The van der Waals surface area contributed by atoms with Crippen molar-refractivity contribution >= 4 is 15.9 Å². The molecule has 8 heteroatoms. The number of carbonyl (C=O) groups excluding carboxylic acids is 1. The average Bonchev–Trinajstić information content (AvgIpc) is 2.70. The molecule has 150 valence electrons. The van der Waals surface area contributed by atoms with Crippen LogP contribution in [-0.2, 0) is 10.0 Å². The smallest absolute Gasteiger partial charge is 0.257 e. The zero-order valence-electron chi connectivity index (χ0n) is 15.6. The molecule has 0 radical (unpaired) electrons. The number of nitrogens with one attached hydrogen (secondary N) is 1. The van der Waals surface area contributed by atoms with Crippen LogP contribution in [0.3, 0.4) is 0 Å². The van der Waals surface area contributed by atoms with Crippen molar-refractivity contribution in [3.63, 3.8) is 0 Å². The molecule has 1 aliphatic carbocycles.